The fraction of sp³-hybridized carbons (Fsp3) is 0.857. The fourth-order valence-corrected chi connectivity index (χ4v) is 1.35. The molecule has 1 heterocycles. The summed E-state index contributed by atoms with van der Waals surface area (Å²) in [7, 11) is 2.02. The molecule has 0 aromatic carbocycles. The lowest BCUT2D eigenvalue weighted by atomic mass is 10.4. The minimum Gasteiger partial charge on any atom is -0.263 e. The summed E-state index contributed by atoms with van der Waals surface area (Å²) in [6, 6.07) is 0. The van der Waals surface area contributed by atoms with Crippen LogP contribution in [0.3, 0.4) is 0 Å². The van der Waals surface area contributed by atoms with Crippen molar-refractivity contribution in [2.24, 2.45) is 0 Å². The van der Waals surface area contributed by atoms with Gasteiger partial charge in [-0.15, -0.1) is 0 Å². The first-order chi connectivity index (χ1) is 4.15. The van der Waals surface area contributed by atoms with Crippen LogP contribution in [0.25, 0.3) is 0 Å². The molecule has 2 nitrogen and oxygen atoms in total. The summed E-state index contributed by atoms with van der Waals surface area (Å²) in [6.07, 6.45) is 2.44. The Hall–Kier alpha value is -0.370. The molecule has 0 aromatic heterocycles. The first-order valence-corrected chi connectivity index (χ1v) is 3.51. The van der Waals surface area contributed by atoms with Gasteiger partial charge >= 0.3 is 5.91 Å². The van der Waals surface area contributed by atoms with Crippen molar-refractivity contribution in [1.29, 1.82) is 0 Å². The summed E-state index contributed by atoms with van der Waals surface area (Å²) in [6.45, 7) is 3.79. The zero-order valence-electron chi connectivity index (χ0n) is 6.18. The number of hydrogen-bond acceptors (Lipinski definition) is 1. The third-order valence-electron chi connectivity index (χ3n) is 2.31. The van der Waals surface area contributed by atoms with E-state index in [1.807, 2.05) is 7.05 Å². The Morgan fingerprint density at radius 3 is 2.00 bits per heavy atom. The molecule has 1 rings (SSSR count). The van der Waals surface area contributed by atoms with Crippen molar-refractivity contribution in [1.82, 2.24) is 0 Å². The van der Waals surface area contributed by atoms with Crippen LogP contribution in [-0.4, -0.2) is 30.5 Å². The Kier molecular flexibility index (Phi) is 1.58. The molecule has 0 aliphatic carbocycles. The maximum atomic E-state index is 10.9. The first kappa shape index (κ1) is 6.75. The van der Waals surface area contributed by atoms with Crippen LogP contribution in [0.2, 0.25) is 0 Å². The first-order valence-electron chi connectivity index (χ1n) is 3.51. The van der Waals surface area contributed by atoms with Crippen LogP contribution in [-0.2, 0) is 4.79 Å². The van der Waals surface area contributed by atoms with E-state index in [1.165, 1.54) is 12.8 Å². The second kappa shape index (κ2) is 2.10. The maximum absolute atomic E-state index is 10.9. The number of amides is 1. The topological polar surface area (TPSA) is 17.1 Å². The predicted octanol–water partition coefficient (Wildman–Crippen LogP) is 0.773. The lowest BCUT2D eigenvalue weighted by Crippen LogP contribution is -2.44. The van der Waals surface area contributed by atoms with Gasteiger partial charge in [0, 0.05) is 12.8 Å². The van der Waals surface area contributed by atoms with E-state index in [0.29, 0.717) is 10.4 Å². The molecular formula is C7H14NO+. The van der Waals surface area contributed by atoms with Gasteiger partial charge in [-0.2, -0.15) is 0 Å². The number of nitrogens with zero attached hydrogens (tertiary/aromatic N) is 1. The van der Waals surface area contributed by atoms with E-state index in [1.54, 1.807) is 6.92 Å². The normalized spacial score (nSPS) is 24.2. The van der Waals surface area contributed by atoms with E-state index >= 15 is 0 Å². The Bertz CT molecular complexity index is 125. The molecule has 1 aliphatic rings. The smallest absolute Gasteiger partial charge is 0.263 e. The van der Waals surface area contributed by atoms with Crippen molar-refractivity contribution < 1.29 is 9.28 Å². The van der Waals surface area contributed by atoms with Crippen molar-refractivity contribution in [3.05, 3.63) is 0 Å². The van der Waals surface area contributed by atoms with E-state index in [4.69, 9.17) is 0 Å². The highest BCUT2D eigenvalue weighted by Gasteiger charge is 2.31. The number of quaternary nitrogens is 1. The van der Waals surface area contributed by atoms with Gasteiger partial charge in [0.1, 0.15) is 0 Å². The van der Waals surface area contributed by atoms with Crippen LogP contribution in [0.5, 0.6) is 0 Å². The van der Waals surface area contributed by atoms with Crippen molar-refractivity contribution >= 4 is 5.91 Å². The number of likely N-dealkylation sites (tertiary alicyclic amines) is 1. The number of hydrogen-bond donors (Lipinski definition) is 0. The van der Waals surface area contributed by atoms with Crippen LogP contribution in [0.15, 0.2) is 0 Å². The molecule has 1 aliphatic heterocycles. The highest BCUT2D eigenvalue weighted by atomic mass is 16.2. The molecule has 1 fully saturated rings. The van der Waals surface area contributed by atoms with E-state index < -0.39 is 0 Å². The van der Waals surface area contributed by atoms with E-state index in [0.717, 1.165) is 13.1 Å². The number of rotatable bonds is 0. The Labute approximate surface area is 56.1 Å². The molecule has 0 radical (unpaired) electrons. The highest BCUT2D eigenvalue weighted by molar-refractivity contribution is 5.65. The number of carbonyl (C=O) groups is 1. The molecule has 1 saturated heterocycles. The lowest BCUT2D eigenvalue weighted by Gasteiger charge is -2.23. The summed E-state index contributed by atoms with van der Waals surface area (Å²) in [5.74, 6) is 0.313. The predicted molar refractivity (Wildman–Crippen MR) is 35.8 cm³/mol. The largest absolute Gasteiger partial charge is 0.310 e. The van der Waals surface area contributed by atoms with E-state index in [-0.39, 0.29) is 0 Å². The van der Waals surface area contributed by atoms with Gasteiger partial charge in [0.2, 0.25) is 0 Å². The van der Waals surface area contributed by atoms with Crippen LogP contribution in [0.1, 0.15) is 19.8 Å². The second-order valence-corrected chi connectivity index (χ2v) is 3.07. The van der Waals surface area contributed by atoms with Crippen molar-refractivity contribution in [3.63, 3.8) is 0 Å². The van der Waals surface area contributed by atoms with Crippen molar-refractivity contribution in [2.75, 3.05) is 20.1 Å². The summed E-state index contributed by atoms with van der Waals surface area (Å²) in [4.78, 5) is 10.9. The zero-order chi connectivity index (χ0) is 6.91. The van der Waals surface area contributed by atoms with Crippen molar-refractivity contribution in [3.8, 4) is 0 Å². The van der Waals surface area contributed by atoms with Gasteiger partial charge in [-0.25, -0.2) is 4.79 Å². The average molecular weight is 128 g/mol. The van der Waals surface area contributed by atoms with Gasteiger partial charge in [0.05, 0.1) is 27.1 Å². The van der Waals surface area contributed by atoms with Crippen LogP contribution in [0.4, 0.5) is 0 Å². The molecule has 2 heteroatoms. The Morgan fingerprint density at radius 2 is 1.78 bits per heavy atom. The zero-order valence-corrected chi connectivity index (χ0v) is 6.18. The second-order valence-electron chi connectivity index (χ2n) is 3.07. The van der Waals surface area contributed by atoms with Crippen LogP contribution < -0.4 is 0 Å². The van der Waals surface area contributed by atoms with Gasteiger partial charge in [0.25, 0.3) is 0 Å². The highest BCUT2D eigenvalue weighted by Crippen LogP contribution is 2.15. The molecule has 0 atom stereocenters. The molecular weight excluding hydrogens is 114 g/mol. The molecule has 1 amide bonds. The lowest BCUT2D eigenvalue weighted by molar-refractivity contribution is -0.820. The fourth-order valence-electron chi connectivity index (χ4n) is 1.35. The molecule has 9 heavy (non-hydrogen) atoms. The minimum absolute atomic E-state index is 0.313. The SMILES string of the molecule is CC(=O)[N+]1(C)CCCC1. The maximum Gasteiger partial charge on any atom is 0.310 e. The van der Waals surface area contributed by atoms with Gasteiger partial charge in [-0.1, -0.05) is 0 Å². The third-order valence-corrected chi connectivity index (χ3v) is 2.31. The van der Waals surface area contributed by atoms with Gasteiger partial charge in [0.15, 0.2) is 0 Å². The van der Waals surface area contributed by atoms with Gasteiger partial charge in [-0.05, 0) is 0 Å². The third kappa shape index (κ3) is 1.13. The monoisotopic (exact) mass is 128 g/mol. The van der Waals surface area contributed by atoms with Crippen molar-refractivity contribution in [2.45, 2.75) is 19.8 Å². The number of carbonyl (C=O) groups excluding carboxylic acids is 1. The summed E-state index contributed by atoms with van der Waals surface area (Å²) < 4.78 is 0.667. The van der Waals surface area contributed by atoms with Gasteiger partial charge < -0.3 is 0 Å². The molecule has 0 spiro atoms. The summed E-state index contributed by atoms with van der Waals surface area (Å²) >= 11 is 0. The summed E-state index contributed by atoms with van der Waals surface area (Å²) in [5.41, 5.74) is 0. The average Bonchev–Trinajstić information content (AvgIpc) is 2.16. The summed E-state index contributed by atoms with van der Waals surface area (Å²) in [5, 5.41) is 0. The molecule has 0 bridgehead atoms. The van der Waals surface area contributed by atoms with Crippen LogP contribution in [0, 0.1) is 0 Å². The molecule has 0 N–H and O–H groups in total. The Balaban J connectivity index is 2.61. The van der Waals surface area contributed by atoms with E-state index in [9.17, 15) is 4.79 Å². The van der Waals surface area contributed by atoms with E-state index in [2.05, 4.69) is 0 Å². The quantitative estimate of drug-likeness (QED) is 0.440. The molecule has 52 valence electrons. The minimum atomic E-state index is 0.313. The molecule has 0 aromatic rings. The molecule has 0 unspecified atom stereocenters. The Morgan fingerprint density at radius 1 is 1.33 bits per heavy atom. The van der Waals surface area contributed by atoms with Gasteiger partial charge in [-0.3, -0.25) is 4.48 Å². The standard InChI is InChI=1S/C7H14NO/c1-7(9)8(2)5-3-4-6-8/h3-6H2,1-2H3/q+1. The van der Waals surface area contributed by atoms with Crippen LogP contribution >= 0.6 is 0 Å². The molecule has 0 saturated carbocycles.